The molecule has 1 atom stereocenters. The maximum absolute atomic E-state index is 12.1. The van der Waals surface area contributed by atoms with E-state index in [-0.39, 0.29) is 6.10 Å². The lowest BCUT2D eigenvalue weighted by Crippen LogP contribution is -2.26. The number of rotatable bonds is 6. The molecule has 4 rings (SSSR count). The second-order valence-electron chi connectivity index (χ2n) is 6.01. The number of amides is 1. The SMILES string of the molecule is COC[C@@H]1CN(c2noc3cc(OCc4ccccc4)ccc23)C(=O)O1. The molecule has 2 heterocycles. The predicted molar refractivity (Wildman–Crippen MR) is 94.3 cm³/mol. The fraction of sp³-hybridized carbons (Fsp3) is 0.263. The Balaban J connectivity index is 1.51. The van der Waals surface area contributed by atoms with Gasteiger partial charge in [-0.25, -0.2) is 4.79 Å². The summed E-state index contributed by atoms with van der Waals surface area (Å²) >= 11 is 0. The fourth-order valence-corrected chi connectivity index (χ4v) is 2.90. The molecule has 3 aromatic rings. The van der Waals surface area contributed by atoms with Crippen molar-refractivity contribution in [2.45, 2.75) is 12.7 Å². The van der Waals surface area contributed by atoms with Crippen molar-refractivity contribution in [1.29, 1.82) is 0 Å². The lowest BCUT2D eigenvalue weighted by Gasteiger charge is -2.09. The van der Waals surface area contributed by atoms with Gasteiger partial charge in [-0.1, -0.05) is 35.5 Å². The summed E-state index contributed by atoms with van der Waals surface area (Å²) in [6.07, 6.45) is -0.764. The van der Waals surface area contributed by atoms with Crippen molar-refractivity contribution in [3.63, 3.8) is 0 Å². The second kappa shape index (κ2) is 7.05. The number of carbonyl (C=O) groups is 1. The van der Waals surface area contributed by atoms with Crippen molar-refractivity contribution in [1.82, 2.24) is 5.16 Å². The standard InChI is InChI=1S/C19H18N2O5/c1-23-12-15-10-21(19(22)25-15)18-16-8-7-14(9-17(16)26-20-18)24-11-13-5-3-2-4-6-13/h2-9,15H,10-12H2,1H3/t15-/m0/s1. The van der Waals surface area contributed by atoms with E-state index in [0.29, 0.717) is 36.9 Å². The highest BCUT2D eigenvalue weighted by Gasteiger charge is 2.35. The van der Waals surface area contributed by atoms with E-state index in [0.717, 1.165) is 10.9 Å². The van der Waals surface area contributed by atoms with Crippen LogP contribution in [-0.2, 0) is 16.1 Å². The average Bonchev–Trinajstić information content (AvgIpc) is 3.23. The van der Waals surface area contributed by atoms with Gasteiger partial charge in [-0.3, -0.25) is 4.90 Å². The van der Waals surface area contributed by atoms with Crippen LogP contribution < -0.4 is 9.64 Å². The van der Waals surface area contributed by atoms with Crippen LogP contribution in [0.5, 0.6) is 5.75 Å². The van der Waals surface area contributed by atoms with Crippen LogP contribution in [-0.4, -0.2) is 37.6 Å². The lowest BCUT2D eigenvalue weighted by atomic mass is 10.2. The Labute approximate surface area is 150 Å². The Kier molecular flexibility index (Phi) is 4.45. The molecule has 134 valence electrons. The Bertz CT molecular complexity index is 909. The summed E-state index contributed by atoms with van der Waals surface area (Å²) in [6.45, 7) is 1.18. The molecule has 1 saturated heterocycles. The van der Waals surface area contributed by atoms with E-state index in [1.165, 1.54) is 4.90 Å². The summed E-state index contributed by atoms with van der Waals surface area (Å²) in [5.41, 5.74) is 1.63. The zero-order valence-electron chi connectivity index (χ0n) is 14.3. The number of aromatic nitrogens is 1. The molecule has 0 unspecified atom stereocenters. The van der Waals surface area contributed by atoms with E-state index in [1.54, 1.807) is 13.2 Å². The first kappa shape index (κ1) is 16.4. The van der Waals surface area contributed by atoms with Crippen LogP contribution in [0.15, 0.2) is 53.1 Å². The molecule has 1 amide bonds. The van der Waals surface area contributed by atoms with Crippen LogP contribution >= 0.6 is 0 Å². The van der Waals surface area contributed by atoms with Crippen molar-refractivity contribution < 1.29 is 23.5 Å². The Hall–Kier alpha value is -3.06. The van der Waals surface area contributed by atoms with Crippen LogP contribution in [0.4, 0.5) is 10.6 Å². The number of anilines is 1. The van der Waals surface area contributed by atoms with Gasteiger partial charge >= 0.3 is 6.09 Å². The van der Waals surface area contributed by atoms with Gasteiger partial charge in [0, 0.05) is 13.2 Å². The van der Waals surface area contributed by atoms with Crippen molar-refractivity contribution in [2.24, 2.45) is 0 Å². The van der Waals surface area contributed by atoms with E-state index in [4.69, 9.17) is 18.7 Å². The molecule has 1 aromatic heterocycles. The van der Waals surface area contributed by atoms with Crippen LogP contribution in [0.2, 0.25) is 0 Å². The first-order chi connectivity index (χ1) is 12.7. The van der Waals surface area contributed by atoms with Gasteiger partial charge < -0.3 is 18.7 Å². The van der Waals surface area contributed by atoms with Crippen LogP contribution in [0.1, 0.15) is 5.56 Å². The molecule has 26 heavy (non-hydrogen) atoms. The van der Waals surface area contributed by atoms with E-state index < -0.39 is 6.09 Å². The number of nitrogens with zero attached hydrogens (tertiary/aromatic N) is 2. The number of ether oxygens (including phenoxy) is 3. The van der Waals surface area contributed by atoms with E-state index in [1.807, 2.05) is 42.5 Å². The van der Waals surface area contributed by atoms with Crippen LogP contribution in [0, 0.1) is 0 Å². The number of fused-ring (bicyclic) bond motifs is 1. The van der Waals surface area contributed by atoms with Gasteiger partial charge in [-0.05, 0) is 17.7 Å². The molecule has 1 fully saturated rings. The molecule has 0 spiro atoms. The van der Waals surface area contributed by atoms with E-state index in [9.17, 15) is 4.79 Å². The fourth-order valence-electron chi connectivity index (χ4n) is 2.90. The topological polar surface area (TPSA) is 74.0 Å². The number of carbonyl (C=O) groups excluding carboxylic acids is 1. The molecule has 0 N–H and O–H groups in total. The van der Waals surface area contributed by atoms with Gasteiger partial charge in [0.05, 0.1) is 18.5 Å². The summed E-state index contributed by atoms with van der Waals surface area (Å²) in [7, 11) is 1.57. The monoisotopic (exact) mass is 354 g/mol. The van der Waals surface area contributed by atoms with E-state index >= 15 is 0 Å². The number of methoxy groups -OCH3 is 1. The van der Waals surface area contributed by atoms with E-state index in [2.05, 4.69) is 5.16 Å². The van der Waals surface area contributed by atoms with Gasteiger partial charge in [0.15, 0.2) is 11.4 Å². The van der Waals surface area contributed by atoms with Crippen molar-refractivity contribution in [2.75, 3.05) is 25.2 Å². The molecule has 1 aliphatic rings. The Morgan fingerprint density at radius 1 is 1.23 bits per heavy atom. The Morgan fingerprint density at radius 2 is 2.08 bits per heavy atom. The summed E-state index contributed by atoms with van der Waals surface area (Å²) in [6, 6.07) is 15.3. The highest BCUT2D eigenvalue weighted by atomic mass is 16.6. The van der Waals surface area contributed by atoms with Crippen molar-refractivity contribution in [3.8, 4) is 5.75 Å². The lowest BCUT2D eigenvalue weighted by molar-refractivity contribution is 0.0718. The third-order valence-electron chi connectivity index (χ3n) is 4.16. The molecule has 0 bridgehead atoms. The normalized spacial score (nSPS) is 16.9. The summed E-state index contributed by atoms with van der Waals surface area (Å²) < 4.78 is 21.5. The summed E-state index contributed by atoms with van der Waals surface area (Å²) in [5, 5.41) is 4.76. The van der Waals surface area contributed by atoms with Gasteiger partial charge in [0.25, 0.3) is 0 Å². The number of hydrogen-bond acceptors (Lipinski definition) is 6. The minimum absolute atomic E-state index is 0.312. The largest absolute Gasteiger partial charge is 0.489 e. The maximum Gasteiger partial charge on any atom is 0.416 e. The molecular formula is C19H18N2O5. The number of benzene rings is 2. The first-order valence-corrected chi connectivity index (χ1v) is 8.28. The third-order valence-corrected chi connectivity index (χ3v) is 4.16. The highest BCUT2D eigenvalue weighted by Crippen LogP contribution is 2.31. The minimum atomic E-state index is -0.452. The molecule has 0 saturated carbocycles. The van der Waals surface area contributed by atoms with Crippen molar-refractivity contribution >= 4 is 22.9 Å². The average molecular weight is 354 g/mol. The number of hydrogen-bond donors (Lipinski definition) is 0. The quantitative estimate of drug-likeness (QED) is 0.676. The van der Waals surface area contributed by atoms with Crippen LogP contribution in [0.25, 0.3) is 11.0 Å². The second-order valence-corrected chi connectivity index (χ2v) is 6.01. The number of cyclic esters (lactones) is 1. The minimum Gasteiger partial charge on any atom is -0.489 e. The smallest absolute Gasteiger partial charge is 0.416 e. The predicted octanol–water partition coefficient (Wildman–Crippen LogP) is 3.38. The van der Waals surface area contributed by atoms with Gasteiger partial charge in [0.2, 0.25) is 0 Å². The van der Waals surface area contributed by atoms with Crippen molar-refractivity contribution in [3.05, 3.63) is 54.1 Å². The molecular weight excluding hydrogens is 336 g/mol. The third kappa shape index (κ3) is 3.21. The Morgan fingerprint density at radius 3 is 2.88 bits per heavy atom. The molecule has 0 aliphatic carbocycles. The summed E-state index contributed by atoms with van der Waals surface area (Å²) in [4.78, 5) is 13.5. The molecule has 2 aromatic carbocycles. The van der Waals surface area contributed by atoms with Crippen LogP contribution in [0.3, 0.4) is 0 Å². The summed E-state index contributed by atoms with van der Waals surface area (Å²) in [5.74, 6) is 1.11. The van der Waals surface area contributed by atoms with Gasteiger partial charge in [-0.2, -0.15) is 0 Å². The maximum atomic E-state index is 12.1. The molecule has 7 heteroatoms. The zero-order valence-corrected chi connectivity index (χ0v) is 14.3. The van der Waals surface area contributed by atoms with Gasteiger partial charge in [-0.15, -0.1) is 0 Å². The molecule has 0 radical (unpaired) electrons. The highest BCUT2D eigenvalue weighted by molar-refractivity contribution is 5.99. The molecule has 7 nitrogen and oxygen atoms in total. The van der Waals surface area contributed by atoms with Gasteiger partial charge in [0.1, 0.15) is 18.5 Å². The first-order valence-electron chi connectivity index (χ1n) is 8.28. The molecule has 1 aliphatic heterocycles. The zero-order chi connectivity index (χ0) is 17.9.